The molecule has 0 saturated heterocycles. The number of ether oxygens (including phenoxy) is 1. The van der Waals surface area contributed by atoms with Gasteiger partial charge in [-0.25, -0.2) is 4.68 Å². The Morgan fingerprint density at radius 1 is 1.14 bits per heavy atom. The van der Waals surface area contributed by atoms with Crippen LogP contribution in [0.2, 0.25) is 5.02 Å². The first-order valence-electron chi connectivity index (χ1n) is 8.81. The van der Waals surface area contributed by atoms with Crippen LogP contribution in [0.3, 0.4) is 0 Å². The summed E-state index contributed by atoms with van der Waals surface area (Å²) in [5.41, 5.74) is 2.78. The van der Waals surface area contributed by atoms with Crippen molar-refractivity contribution in [1.29, 1.82) is 0 Å². The Balaban J connectivity index is 1.81. The van der Waals surface area contributed by atoms with E-state index in [1.54, 1.807) is 24.3 Å². The number of amides is 1. The van der Waals surface area contributed by atoms with Crippen molar-refractivity contribution in [3.63, 3.8) is 0 Å². The molecule has 1 N–H and O–H groups in total. The molecule has 1 aromatic heterocycles. The molecule has 0 bridgehead atoms. The van der Waals surface area contributed by atoms with E-state index in [1.807, 2.05) is 24.3 Å². The van der Waals surface area contributed by atoms with E-state index in [0.29, 0.717) is 22.2 Å². The predicted molar refractivity (Wildman–Crippen MR) is 110 cm³/mol. The molecule has 0 aliphatic rings. The van der Waals surface area contributed by atoms with Crippen LogP contribution in [-0.4, -0.2) is 22.8 Å². The maximum atomic E-state index is 12.4. The van der Waals surface area contributed by atoms with E-state index >= 15 is 0 Å². The van der Waals surface area contributed by atoms with Gasteiger partial charge in [0.25, 0.3) is 5.56 Å². The van der Waals surface area contributed by atoms with Gasteiger partial charge in [-0.2, -0.15) is 5.10 Å². The minimum absolute atomic E-state index is 0.227. The number of hydrogen-bond acceptors (Lipinski definition) is 4. The minimum Gasteiger partial charge on any atom is -0.495 e. The molecule has 0 unspecified atom stereocenters. The largest absolute Gasteiger partial charge is 0.495 e. The van der Waals surface area contributed by atoms with Gasteiger partial charge in [-0.1, -0.05) is 42.8 Å². The van der Waals surface area contributed by atoms with Gasteiger partial charge in [0.2, 0.25) is 5.91 Å². The van der Waals surface area contributed by atoms with Crippen molar-refractivity contribution in [2.24, 2.45) is 0 Å². The molecule has 0 radical (unpaired) electrons. The van der Waals surface area contributed by atoms with Gasteiger partial charge < -0.3 is 10.1 Å². The fourth-order valence-electron chi connectivity index (χ4n) is 2.73. The topological polar surface area (TPSA) is 73.2 Å². The number of aryl methyl sites for hydroxylation is 1. The molecule has 6 nitrogen and oxygen atoms in total. The van der Waals surface area contributed by atoms with Crippen molar-refractivity contribution in [3.05, 3.63) is 75.5 Å². The van der Waals surface area contributed by atoms with Crippen LogP contribution in [0.5, 0.6) is 5.75 Å². The lowest BCUT2D eigenvalue weighted by atomic mass is 10.1. The molecular formula is C21H20ClN3O3. The van der Waals surface area contributed by atoms with Crippen molar-refractivity contribution < 1.29 is 9.53 Å². The standard InChI is InChI=1S/C21H20ClN3O3/c1-3-14-4-6-15(7-5-14)17-9-11-21(27)25(24-17)13-20(26)23-18-12-16(22)8-10-19(18)28-2/h4-12H,3,13H2,1-2H3,(H,23,26). The Morgan fingerprint density at radius 2 is 1.89 bits per heavy atom. The lowest BCUT2D eigenvalue weighted by molar-refractivity contribution is -0.117. The highest BCUT2D eigenvalue weighted by Gasteiger charge is 2.11. The van der Waals surface area contributed by atoms with Gasteiger partial charge in [0.05, 0.1) is 18.5 Å². The molecule has 0 fully saturated rings. The van der Waals surface area contributed by atoms with Gasteiger partial charge in [-0.15, -0.1) is 0 Å². The first kappa shape index (κ1) is 19.6. The molecule has 0 aliphatic heterocycles. The van der Waals surface area contributed by atoms with E-state index in [1.165, 1.54) is 18.7 Å². The number of nitrogens with zero attached hydrogens (tertiary/aromatic N) is 2. The van der Waals surface area contributed by atoms with Crippen molar-refractivity contribution in [2.45, 2.75) is 19.9 Å². The molecule has 2 aromatic carbocycles. The highest BCUT2D eigenvalue weighted by Crippen LogP contribution is 2.27. The summed E-state index contributed by atoms with van der Waals surface area (Å²) in [7, 11) is 1.50. The number of methoxy groups -OCH3 is 1. The van der Waals surface area contributed by atoms with Gasteiger partial charge >= 0.3 is 0 Å². The van der Waals surface area contributed by atoms with Crippen LogP contribution in [0.1, 0.15) is 12.5 Å². The highest BCUT2D eigenvalue weighted by molar-refractivity contribution is 6.31. The van der Waals surface area contributed by atoms with Crippen LogP contribution in [0.4, 0.5) is 5.69 Å². The zero-order valence-corrected chi connectivity index (χ0v) is 16.4. The Labute approximate surface area is 167 Å². The number of carbonyl (C=O) groups is 1. The smallest absolute Gasteiger partial charge is 0.267 e. The van der Waals surface area contributed by atoms with Crippen LogP contribution in [-0.2, 0) is 17.8 Å². The molecule has 0 spiro atoms. The lowest BCUT2D eigenvalue weighted by Gasteiger charge is -2.11. The number of carbonyl (C=O) groups excluding carboxylic acids is 1. The molecule has 144 valence electrons. The normalized spacial score (nSPS) is 10.5. The average Bonchev–Trinajstić information content (AvgIpc) is 2.70. The molecule has 0 saturated carbocycles. The number of anilines is 1. The Kier molecular flexibility index (Phi) is 6.11. The third-order valence-electron chi connectivity index (χ3n) is 4.25. The lowest BCUT2D eigenvalue weighted by Crippen LogP contribution is -2.29. The second kappa shape index (κ2) is 8.71. The number of hydrogen-bond donors (Lipinski definition) is 1. The van der Waals surface area contributed by atoms with Gasteiger partial charge in [-0.05, 0) is 36.2 Å². The summed E-state index contributed by atoms with van der Waals surface area (Å²) in [6.45, 7) is 1.86. The van der Waals surface area contributed by atoms with Crippen LogP contribution in [0.15, 0.2) is 59.4 Å². The van der Waals surface area contributed by atoms with Crippen LogP contribution in [0.25, 0.3) is 11.3 Å². The fourth-order valence-corrected chi connectivity index (χ4v) is 2.90. The highest BCUT2D eigenvalue weighted by atomic mass is 35.5. The Morgan fingerprint density at radius 3 is 2.57 bits per heavy atom. The summed E-state index contributed by atoms with van der Waals surface area (Å²) < 4.78 is 6.35. The Hall–Kier alpha value is -3.12. The second-order valence-corrected chi connectivity index (χ2v) is 6.59. The third kappa shape index (κ3) is 4.58. The molecule has 3 rings (SSSR count). The molecule has 0 aliphatic carbocycles. The van der Waals surface area contributed by atoms with Crippen molar-refractivity contribution in [2.75, 3.05) is 12.4 Å². The summed E-state index contributed by atoms with van der Waals surface area (Å²) in [6.07, 6.45) is 0.945. The van der Waals surface area contributed by atoms with E-state index < -0.39 is 5.91 Å². The first-order valence-corrected chi connectivity index (χ1v) is 9.19. The number of halogens is 1. The zero-order valence-electron chi connectivity index (χ0n) is 15.6. The van der Waals surface area contributed by atoms with E-state index in [-0.39, 0.29) is 12.1 Å². The Bertz CT molecular complexity index is 1050. The molecular weight excluding hydrogens is 378 g/mol. The summed E-state index contributed by atoms with van der Waals surface area (Å²) in [5, 5.41) is 7.49. The second-order valence-electron chi connectivity index (χ2n) is 6.16. The van der Waals surface area contributed by atoms with Crippen molar-refractivity contribution in [1.82, 2.24) is 9.78 Å². The predicted octanol–water partition coefficient (Wildman–Crippen LogP) is 3.77. The minimum atomic E-state index is -0.409. The number of aromatic nitrogens is 2. The van der Waals surface area contributed by atoms with Crippen LogP contribution in [0, 0.1) is 0 Å². The van der Waals surface area contributed by atoms with E-state index in [4.69, 9.17) is 16.3 Å². The van der Waals surface area contributed by atoms with Crippen molar-refractivity contribution in [3.8, 4) is 17.0 Å². The third-order valence-corrected chi connectivity index (χ3v) is 4.49. The molecule has 3 aromatic rings. The first-order chi connectivity index (χ1) is 13.5. The quantitative estimate of drug-likeness (QED) is 0.687. The summed E-state index contributed by atoms with van der Waals surface area (Å²) in [6, 6.07) is 15.9. The van der Waals surface area contributed by atoms with Crippen molar-refractivity contribution >= 4 is 23.2 Å². The number of benzene rings is 2. The van der Waals surface area contributed by atoms with E-state index in [0.717, 1.165) is 16.7 Å². The molecule has 1 heterocycles. The van der Waals surface area contributed by atoms with Gasteiger partial charge in [0, 0.05) is 16.7 Å². The monoisotopic (exact) mass is 397 g/mol. The van der Waals surface area contributed by atoms with Crippen LogP contribution >= 0.6 is 11.6 Å². The molecule has 0 atom stereocenters. The average molecular weight is 398 g/mol. The van der Waals surface area contributed by atoms with Gasteiger partial charge in [-0.3, -0.25) is 9.59 Å². The molecule has 1 amide bonds. The summed E-state index contributed by atoms with van der Waals surface area (Å²) in [5.74, 6) is 0.0662. The molecule has 28 heavy (non-hydrogen) atoms. The van der Waals surface area contributed by atoms with E-state index in [9.17, 15) is 9.59 Å². The SMILES string of the molecule is CCc1ccc(-c2ccc(=O)n(CC(=O)Nc3cc(Cl)ccc3OC)n2)cc1. The molecule has 7 heteroatoms. The van der Waals surface area contributed by atoms with E-state index in [2.05, 4.69) is 17.3 Å². The summed E-state index contributed by atoms with van der Waals surface area (Å²) in [4.78, 5) is 24.6. The van der Waals surface area contributed by atoms with Crippen LogP contribution < -0.4 is 15.6 Å². The fraction of sp³-hybridized carbons (Fsp3) is 0.190. The van der Waals surface area contributed by atoms with Gasteiger partial charge in [0.1, 0.15) is 12.3 Å². The number of nitrogens with one attached hydrogen (secondary N) is 1. The number of rotatable bonds is 6. The van der Waals surface area contributed by atoms with Gasteiger partial charge in [0.15, 0.2) is 0 Å². The summed E-state index contributed by atoms with van der Waals surface area (Å²) >= 11 is 5.98. The maximum absolute atomic E-state index is 12.4. The maximum Gasteiger partial charge on any atom is 0.267 e. The zero-order chi connectivity index (χ0) is 20.1.